The van der Waals surface area contributed by atoms with Crippen LogP contribution in [0.4, 0.5) is 0 Å². The van der Waals surface area contributed by atoms with E-state index in [2.05, 4.69) is 49.2 Å². The van der Waals surface area contributed by atoms with Gasteiger partial charge in [0, 0.05) is 11.8 Å². The molecule has 0 aliphatic rings. The number of hydrogen-bond donors (Lipinski definition) is 0. The fourth-order valence-corrected chi connectivity index (χ4v) is 1.50. The van der Waals surface area contributed by atoms with Gasteiger partial charge >= 0.3 is 0 Å². The van der Waals surface area contributed by atoms with Gasteiger partial charge in [-0.3, -0.25) is 4.98 Å². The summed E-state index contributed by atoms with van der Waals surface area (Å²) >= 11 is 0. The van der Waals surface area contributed by atoms with Crippen LogP contribution in [0.1, 0.15) is 11.1 Å². The van der Waals surface area contributed by atoms with Crippen molar-refractivity contribution >= 4 is 0 Å². The van der Waals surface area contributed by atoms with Gasteiger partial charge in [-0.1, -0.05) is 35.9 Å². The zero-order valence-corrected chi connectivity index (χ0v) is 8.49. The Kier molecular flexibility index (Phi) is 2.32. The molecule has 1 heterocycles. The Morgan fingerprint density at radius 2 is 1.64 bits per heavy atom. The molecular formula is C13H13N. The van der Waals surface area contributed by atoms with E-state index in [1.54, 1.807) is 0 Å². The summed E-state index contributed by atoms with van der Waals surface area (Å²) in [5.41, 5.74) is 4.76. The first-order chi connectivity index (χ1) is 6.77. The summed E-state index contributed by atoms with van der Waals surface area (Å²) in [4.78, 5) is 4.38. The lowest BCUT2D eigenvalue weighted by atomic mass is 10.1. The highest BCUT2D eigenvalue weighted by atomic mass is 14.7. The van der Waals surface area contributed by atoms with Crippen LogP contribution in [0.5, 0.6) is 0 Å². The van der Waals surface area contributed by atoms with Crippen molar-refractivity contribution in [3.8, 4) is 11.3 Å². The van der Waals surface area contributed by atoms with E-state index in [1.807, 2.05) is 12.3 Å². The first-order valence-corrected chi connectivity index (χ1v) is 4.76. The van der Waals surface area contributed by atoms with Gasteiger partial charge in [-0.05, 0) is 25.5 Å². The Labute approximate surface area is 84.4 Å². The van der Waals surface area contributed by atoms with Crippen molar-refractivity contribution in [1.29, 1.82) is 0 Å². The van der Waals surface area contributed by atoms with Gasteiger partial charge < -0.3 is 0 Å². The second-order valence-electron chi connectivity index (χ2n) is 3.53. The largest absolute Gasteiger partial charge is 0.256 e. The maximum atomic E-state index is 4.38. The van der Waals surface area contributed by atoms with Gasteiger partial charge in [-0.15, -0.1) is 0 Å². The van der Waals surface area contributed by atoms with Crippen molar-refractivity contribution in [1.82, 2.24) is 4.98 Å². The third kappa shape index (κ3) is 1.67. The lowest BCUT2D eigenvalue weighted by Gasteiger charge is -2.04. The molecule has 1 nitrogen and oxygen atoms in total. The third-order valence-corrected chi connectivity index (χ3v) is 2.33. The van der Waals surface area contributed by atoms with Crippen LogP contribution in [-0.2, 0) is 0 Å². The molecule has 0 spiro atoms. The Morgan fingerprint density at radius 3 is 2.29 bits per heavy atom. The van der Waals surface area contributed by atoms with Gasteiger partial charge in [0.05, 0.1) is 5.69 Å². The fourth-order valence-electron chi connectivity index (χ4n) is 1.50. The minimum absolute atomic E-state index is 1.08. The highest BCUT2D eigenvalue weighted by Gasteiger charge is 2.00. The molecule has 0 amide bonds. The lowest BCUT2D eigenvalue weighted by Crippen LogP contribution is -1.86. The molecule has 0 N–H and O–H groups in total. The van der Waals surface area contributed by atoms with E-state index in [-0.39, 0.29) is 0 Å². The number of pyridine rings is 1. The molecule has 0 fully saturated rings. The zero-order chi connectivity index (χ0) is 9.97. The van der Waals surface area contributed by atoms with Crippen molar-refractivity contribution in [2.24, 2.45) is 0 Å². The number of nitrogens with zero attached hydrogens (tertiary/aromatic N) is 1. The van der Waals surface area contributed by atoms with E-state index in [0.29, 0.717) is 0 Å². The SMILES string of the molecule is Cc1ccc(-c2ncccc2C)cc1. The first-order valence-electron chi connectivity index (χ1n) is 4.76. The van der Waals surface area contributed by atoms with Gasteiger partial charge in [-0.25, -0.2) is 0 Å². The summed E-state index contributed by atoms with van der Waals surface area (Å²) in [6, 6.07) is 12.5. The Morgan fingerprint density at radius 1 is 0.929 bits per heavy atom. The van der Waals surface area contributed by atoms with Crippen LogP contribution >= 0.6 is 0 Å². The van der Waals surface area contributed by atoms with E-state index < -0.39 is 0 Å². The molecule has 0 bridgehead atoms. The number of aromatic nitrogens is 1. The second kappa shape index (κ2) is 3.62. The summed E-state index contributed by atoms with van der Waals surface area (Å²) in [6.07, 6.45) is 1.84. The van der Waals surface area contributed by atoms with Crippen LogP contribution in [0.3, 0.4) is 0 Å². The lowest BCUT2D eigenvalue weighted by molar-refractivity contribution is 1.27. The minimum atomic E-state index is 1.08. The molecule has 0 aliphatic carbocycles. The van der Waals surface area contributed by atoms with Crippen LogP contribution in [-0.4, -0.2) is 4.98 Å². The molecule has 1 aromatic heterocycles. The van der Waals surface area contributed by atoms with Crippen LogP contribution in [0.25, 0.3) is 11.3 Å². The molecule has 1 aromatic carbocycles. The van der Waals surface area contributed by atoms with Crippen molar-refractivity contribution < 1.29 is 0 Å². The molecule has 1 heteroatoms. The monoisotopic (exact) mass is 183 g/mol. The predicted molar refractivity (Wildman–Crippen MR) is 59.1 cm³/mol. The quantitative estimate of drug-likeness (QED) is 0.660. The predicted octanol–water partition coefficient (Wildman–Crippen LogP) is 3.37. The smallest absolute Gasteiger partial charge is 0.0731 e. The van der Waals surface area contributed by atoms with Gasteiger partial charge in [0.25, 0.3) is 0 Å². The van der Waals surface area contributed by atoms with Crippen LogP contribution in [0, 0.1) is 13.8 Å². The topological polar surface area (TPSA) is 12.9 Å². The van der Waals surface area contributed by atoms with Gasteiger partial charge in [-0.2, -0.15) is 0 Å². The average molecular weight is 183 g/mol. The molecule has 0 saturated heterocycles. The van der Waals surface area contributed by atoms with Crippen LogP contribution < -0.4 is 0 Å². The van der Waals surface area contributed by atoms with Crippen molar-refractivity contribution in [3.63, 3.8) is 0 Å². The molecule has 0 saturated carbocycles. The van der Waals surface area contributed by atoms with Crippen LogP contribution in [0.2, 0.25) is 0 Å². The summed E-state index contributed by atoms with van der Waals surface area (Å²) < 4.78 is 0. The highest BCUT2D eigenvalue weighted by molar-refractivity contribution is 5.62. The van der Waals surface area contributed by atoms with Crippen molar-refractivity contribution in [3.05, 3.63) is 53.7 Å². The normalized spacial score (nSPS) is 10.1. The molecule has 0 aliphatic heterocycles. The molecule has 70 valence electrons. The van der Waals surface area contributed by atoms with E-state index in [0.717, 1.165) is 5.69 Å². The van der Waals surface area contributed by atoms with E-state index in [4.69, 9.17) is 0 Å². The molecule has 2 aromatic rings. The minimum Gasteiger partial charge on any atom is -0.256 e. The Hall–Kier alpha value is -1.63. The first kappa shape index (κ1) is 8.95. The summed E-state index contributed by atoms with van der Waals surface area (Å²) in [5.74, 6) is 0. The fraction of sp³-hybridized carbons (Fsp3) is 0.154. The van der Waals surface area contributed by atoms with Crippen molar-refractivity contribution in [2.45, 2.75) is 13.8 Å². The Bertz CT molecular complexity index is 429. The standard InChI is InChI=1S/C13H13N/c1-10-5-7-12(8-6-10)13-11(2)4-3-9-14-13/h3-9H,1-2H3. The maximum absolute atomic E-state index is 4.38. The van der Waals surface area contributed by atoms with E-state index >= 15 is 0 Å². The van der Waals surface area contributed by atoms with Gasteiger partial charge in [0.1, 0.15) is 0 Å². The average Bonchev–Trinajstić information content (AvgIpc) is 2.20. The molecular weight excluding hydrogens is 170 g/mol. The molecule has 14 heavy (non-hydrogen) atoms. The third-order valence-electron chi connectivity index (χ3n) is 2.33. The zero-order valence-electron chi connectivity index (χ0n) is 8.49. The summed E-state index contributed by atoms with van der Waals surface area (Å²) in [5, 5.41) is 0. The number of hydrogen-bond acceptors (Lipinski definition) is 1. The van der Waals surface area contributed by atoms with E-state index in [9.17, 15) is 0 Å². The second-order valence-corrected chi connectivity index (χ2v) is 3.53. The van der Waals surface area contributed by atoms with E-state index in [1.165, 1.54) is 16.7 Å². The van der Waals surface area contributed by atoms with Crippen molar-refractivity contribution in [2.75, 3.05) is 0 Å². The number of aryl methyl sites for hydroxylation is 2. The summed E-state index contributed by atoms with van der Waals surface area (Å²) in [6.45, 7) is 4.18. The molecule has 0 radical (unpaired) electrons. The highest BCUT2D eigenvalue weighted by Crippen LogP contribution is 2.20. The number of benzene rings is 1. The molecule has 2 rings (SSSR count). The summed E-state index contributed by atoms with van der Waals surface area (Å²) in [7, 11) is 0. The van der Waals surface area contributed by atoms with Gasteiger partial charge in [0.15, 0.2) is 0 Å². The molecule has 0 unspecified atom stereocenters. The Balaban J connectivity index is 2.50. The van der Waals surface area contributed by atoms with Gasteiger partial charge in [0.2, 0.25) is 0 Å². The number of rotatable bonds is 1. The molecule has 0 atom stereocenters. The maximum Gasteiger partial charge on any atom is 0.0731 e. The van der Waals surface area contributed by atoms with Crippen LogP contribution in [0.15, 0.2) is 42.6 Å².